The van der Waals surface area contributed by atoms with E-state index in [0.29, 0.717) is 13.1 Å². The van der Waals surface area contributed by atoms with Crippen LogP contribution in [0.15, 0.2) is 30.6 Å². The van der Waals surface area contributed by atoms with Crippen molar-refractivity contribution in [3.63, 3.8) is 0 Å². The second-order valence-electron chi connectivity index (χ2n) is 5.11. The van der Waals surface area contributed by atoms with Crippen molar-refractivity contribution >= 4 is 11.0 Å². The summed E-state index contributed by atoms with van der Waals surface area (Å²) in [6.07, 6.45) is 2.80. The first-order valence-corrected chi connectivity index (χ1v) is 7.27. The molecule has 0 spiro atoms. The Kier molecular flexibility index (Phi) is 3.96. The second-order valence-corrected chi connectivity index (χ2v) is 5.11. The molecule has 0 atom stereocenters. The van der Waals surface area contributed by atoms with Gasteiger partial charge in [0.2, 0.25) is 0 Å². The van der Waals surface area contributed by atoms with E-state index in [1.807, 2.05) is 13.1 Å². The van der Waals surface area contributed by atoms with E-state index >= 15 is 0 Å². The van der Waals surface area contributed by atoms with Crippen LogP contribution in [0.1, 0.15) is 25.0 Å². The highest BCUT2D eigenvalue weighted by atomic mass is 15.3. The highest BCUT2D eigenvalue weighted by molar-refractivity contribution is 5.75. The zero-order valence-corrected chi connectivity index (χ0v) is 12.5. The Balaban J connectivity index is 1.74. The molecule has 0 amide bonds. The van der Waals surface area contributed by atoms with Crippen LogP contribution in [-0.4, -0.2) is 24.3 Å². The van der Waals surface area contributed by atoms with E-state index in [2.05, 4.69) is 45.1 Å². The first-order chi connectivity index (χ1) is 10.3. The molecule has 3 aromatic rings. The van der Waals surface area contributed by atoms with Crippen LogP contribution in [0.3, 0.4) is 0 Å². The maximum absolute atomic E-state index is 4.72. The first kappa shape index (κ1) is 13.8. The monoisotopic (exact) mass is 284 g/mol. The number of hydrogen-bond acceptors (Lipinski definition) is 4. The summed E-state index contributed by atoms with van der Waals surface area (Å²) in [5.74, 6) is 1.87. The molecule has 0 saturated heterocycles. The van der Waals surface area contributed by atoms with Gasteiger partial charge in [0, 0.05) is 13.6 Å². The van der Waals surface area contributed by atoms with E-state index in [1.54, 1.807) is 11.0 Å². The van der Waals surface area contributed by atoms with Gasteiger partial charge in [0.05, 0.1) is 24.1 Å². The summed E-state index contributed by atoms with van der Waals surface area (Å²) in [6, 6.07) is 8.28. The summed E-state index contributed by atoms with van der Waals surface area (Å²) in [4.78, 5) is 8.93. The number of nitrogens with zero attached hydrogens (tertiary/aromatic N) is 5. The number of aryl methyl sites for hydroxylation is 2. The lowest BCUT2D eigenvalue weighted by Crippen LogP contribution is -2.17. The Bertz CT molecular complexity index is 727. The predicted molar refractivity (Wildman–Crippen MR) is 81.6 cm³/mol. The standard InChI is InChI=1S/C15H20N6/c1-3-8-21-13-7-5-4-6-12(13)18-15(21)10-16-9-14-17-11-20(2)19-14/h4-7,11,16H,3,8-10H2,1-2H3. The molecule has 0 bridgehead atoms. The minimum absolute atomic E-state index is 0.649. The number of aromatic nitrogens is 5. The molecule has 0 aliphatic carbocycles. The van der Waals surface area contributed by atoms with Crippen molar-refractivity contribution in [3.05, 3.63) is 42.2 Å². The number of hydrogen-bond donors (Lipinski definition) is 1. The number of imidazole rings is 1. The molecule has 0 saturated carbocycles. The van der Waals surface area contributed by atoms with Crippen LogP contribution in [-0.2, 0) is 26.7 Å². The van der Waals surface area contributed by atoms with Gasteiger partial charge in [0.15, 0.2) is 5.82 Å². The van der Waals surface area contributed by atoms with Crippen LogP contribution in [0.2, 0.25) is 0 Å². The number of nitrogens with one attached hydrogen (secondary N) is 1. The number of benzene rings is 1. The topological polar surface area (TPSA) is 60.6 Å². The molecule has 0 aliphatic rings. The van der Waals surface area contributed by atoms with Crippen LogP contribution in [0, 0.1) is 0 Å². The fourth-order valence-electron chi connectivity index (χ4n) is 2.48. The zero-order valence-electron chi connectivity index (χ0n) is 12.5. The van der Waals surface area contributed by atoms with Crippen molar-refractivity contribution in [2.45, 2.75) is 33.0 Å². The predicted octanol–water partition coefficient (Wildman–Crippen LogP) is 1.86. The van der Waals surface area contributed by atoms with E-state index < -0.39 is 0 Å². The molecule has 21 heavy (non-hydrogen) atoms. The fourth-order valence-corrected chi connectivity index (χ4v) is 2.48. The van der Waals surface area contributed by atoms with E-state index in [4.69, 9.17) is 4.98 Å². The maximum atomic E-state index is 4.72. The molecule has 0 aliphatic heterocycles. The van der Waals surface area contributed by atoms with Gasteiger partial charge in [0.1, 0.15) is 12.2 Å². The van der Waals surface area contributed by atoms with Gasteiger partial charge in [-0.3, -0.25) is 4.68 Å². The summed E-state index contributed by atoms with van der Waals surface area (Å²) >= 11 is 0. The highest BCUT2D eigenvalue weighted by Crippen LogP contribution is 2.16. The van der Waals surface area contributed by atoms with Crippen molar-refractivity contribution in [2.75, 3.05) is 0 Å². The van der Waals surface area contributed by atoms with Crippen LogP contribution in [0.5, 0.6) is 0 Å². The molecule has 0 unspecified atom stereocenters. The van der Waals surface area contributed by atoms with E-state index in [-0.39, 0.29) is 0 Å². The first-order valence-electron chi connectivity index (χ1n) is 7.27. The van der Waals surface area contributed by atoms with E-state index in [1.165, 1.54) is 5.52 Å². The average Bonchev–Trinajstić information content (AvgIpc) is 3.04. The Labute approximate surface area is 123 Å². The molecular weight excluding hydrogens is 264 g/mol. The Morgan fingerprint density at radius 3 is 2.81 bits per heavy atom. The van der Waals surface area contributed by atoms with E-state index in [0.717, 1.165) is 30.1 Å². The summed E-state index contributed by atoms with van der Waals surface area (Å²) in [6.45, 7) is 4.53. The van der Waals surface area contributed by atoms with Gasteiger partial charge >= 0.3 is 0 Å². The second kappa shape index (κ2) is 6.05. The summed E-state index contributed by atoms with van der Waals surface area (Å²) in [7, 11) is 1.87. The highest BCUT2D eigenvalue weighted by Gasteiger charge is 2.09. The molecule has 0 fully saturated rings. The van der Waals surface area contributed by atoms with Gasteiger partial charge in [-0.05, 0) is 18.6 Å². The van der Waals surface area contributed by atoms with Gasteiger partial charge in [-0.2, -0.15) is 5.10 Å². The van der Waals surface area contributed by atoms with Crippen molar-refractivity contribution in [1.29, 1.82) is 0 Å². The molecule has 1 N–H and O–H groups in total. The van der Waals surface area contributed by atoms with Crippen LogP contribution < -0.4 is 5.32 Å². The van der Waals surface area contributed by atoms with Crippen molar-refractivity contribution in [3.8, 4) is 0 Å². The summed E-state index contributed by atoms with van der Waals surface area (Å²) < 4.78 is 4.00. The van der Waals surface area contributed by atoms with Gasteiger partial charge in [-0.15, -0.1) is 0 Å². The van der Waals surface area contributed by atoms with Crippen molar-refractivity contribution in [1.82, 2.24) is 29.6 Å². The lowest BCUT2D eigenvalue weighted by molar-refractivity contribution is 0.585. The third kappa shape index (κ3) is 2.95. The third-order valence-electron chi connectivity index (χ3n) is 3.39. The smallest absolute Gasteiger partial charge is 0.164 e. The zero-order chi connectivity index (χ0) is 14.7. The molecule has 0 radical (unpaired) electrons. The normalized spacial score (nSPS) is 11.3. The molecule has 1 aromatic carbocycles. The Hall–Kier alpha value is -2.21. The van der Waals surface area contributed by atoms with Gasteiger partial charge in [-0.25, -0.2) is 9.97 Å². The molecule has 110 valence electrons. The van der Waals surface area contributed by atoms with Crippen molar-refractivity contribution in [2.24, 2.45) is 7.05 Å². The van der Waals surface area contributed by atoms with Gasteiger partial charge in [0.25, 0.3) is 0 Å². The summed E-state index contributed by atoms with van der Waals surface area (Å²) in [5, 5.41) is 7.63. The summed E-state index contributed by atoms with van der Waals surface area (Å²) in [5.41, 5.74) is 2.26. The molecular formula is C15H20N6. The number of fused-ring (bicyclic) bond motifs is 1. The minimum Gasteiger partial charge on any atom is -0.327 e. The lowest BCUT2D eigenvalue weighted by atomic mass is 10.3. The Morgan fingerprint density at radius 1 is 1.19 bits per heavy atom. The largest absolute Gasteiger partial charge is 0.327 e. The third-order valence-corrected chi connectivity index (χ3v) is 3.39. The van der Waals surface area contributed by atoms with Crippen LogP contribution in [0.25, 0.3) is 11.0 Å². The number of para-hydroxylation sites is 2. The SMILES string of the molecule is CCCn1c(CNCc2ncn(C)n2)nc2ccccc21. The van der Waals surface area contributed by atoms with Crippen molar-refractivity contribution < 1.29 is 0 Å². The quantitative estimate of drug-likeness (QED) is 0.750. The maximum Gasteiger partial charge on any atom is 0.164 e. The fraction of sp³-hybridized carbons (Fsp3) is 0.400. The van der Waals surface area contributed by atoms with Crippen LogP contribution >= 0.6 is 0 Å². The molecule has 2 heterocycles. The Morgan fingerprint density at radius 2 is 2.05 bits per heavy atom. The lowest BCUT2D eigenvalue weighted by Gasteiger charge is -2.08. The average molecular weight is 284 g/mol. The molecule has 6 heteroatoms. The minimum atomic E-state index is 0.649. The van der Waals surface area contributed by atoms with Gasteiger partial charge in [-0.1, -0.05) is 19.1 Å². The van der Waals surface area contributed by atoms with Crippen LogP contribution in [0.4, 0.5) is 0 Å². The van der Waals surface area contributed by atoms with E-state index in [9.17, 15) is 0 Å². The molecule has 6 nitrogen and oxygen atoms in total. The molecule has 3 rings (SSSR count). The van der Waals surface area contributed by atoms with Gasteiger partial charge < -0.3 is 9.88 Å². The number of rotatable bonds is 6. The molecule has 2 aromatic heterocycles.